The maximum Gasteiger partial charge on any atom is 0.410 e. The molecule has 3 fully saturated rings. The number of hydrogen-bond donors (Lipinski definition) is 0. The van der Waals surface area contributed by atoms with Crippen LogP contribution in [0.1, 0.15) is 12.0 Å². The van der Waals surface area contributed by atoms with Crippen LogP contribution in [0.4, 0.5) is 4.79 Å². The number of carbonyl (C=O) groups excluding carboxylic acids is 3. The number of likely N-dealkylation sites (N-methyl/N-ethyl adjacent to an activating group) is 1. The zero-order valence-corrected chi connectivity index (χ0v) is 15.3. The number of carbonyl (C=O) groups is 3. The van der Waals surface area contributed by atoms with Crippen molar-refractivity contribution in [3.05, 3.63) is 35.9 Å². The summed E-state index contributed by atoms with van der Waals surface area (Å²) >= 11 is 0. The third kappa shape index (κ3) is 2.93. The molecule has 144 valence electrons. The van der Waals surface area contributed by atoms with E-state index in [-0.39, 0.29) is 31.1 Å². The zero-order valence-electron chi connectivity index (χ0n) is 15.3. The average molecular weight is 373 g/mol. The maximum atomic E-state index is 12.7. The highest BCUT2D eigenvalue weighted by atomic mass is 16.6. The molecular weight excluding hydrogens is 350 g/mol. The summed E-state index contributed by atoms with van der Waals surface area (Å²) in [6.07, 6.45) is -0.177. The molecule has 0 spiro atoms. The zero-order chi connectivity index (χ0) is 19.0. The minimum absolute atomic E-state index is 0.0102. The molecule has 1 aromatic carbocycles. The summed E-state index contributed by atoms with van der Waals surface area (Å²) < 4.78 is 10.8. The first-order chi connectivity index (χ1) is 13.0. The summed E-state index contributed by atoms with van der Waals surface area (Å²) in [6.45, 7) is 1.66. The molecule has 4 rings (SSSR count). The van der Waals surface area contributed by atoms with Gasteiger partial charge in [-0.05, 0) is 12.0 Å². The van der Waals surface area contributed by atoms with Gasteiger partial charge >= 0.3 is 6.09 Å². The molecule has 3 aliphatic heterocycles. The highest BCUT2D eigenvalue weighted by Gasteiger charge is 2.53. The largest absolute Gasteiger partial charge is 0.448 e. The topological polar surface area (TPSA) is 79.4 Å². The van der Waals surface area contributed by atoms with E-state index in [4.69, 9.17) is 9.47 Å². The molecule has 3 heterocycles. The van der Waals surface area contributed by atoms with E-state index in [0.717, 1.165) is 5.56 Å². The monoisotopic (exact) mass is 373 g/mol. The Morgan fingerprint density at radius 3 is 2.70 bits per heavy atom. The summed E-state index contributed by atoms with van der Waals surface area (Å²) in [6, 6.07) is 9.84. The quantitative estimate of drug-likeness (QED) is 0.767. The van der Waals surface area contributed by atoms with E-state index in [1.165, 1.54) is 4.90 Å². The van der Waals surface area contributed by atoms with Crippen molar-refractivity contribution in [3.8, 4) is 0 Å². The molecule has 1 aromatic rings. The Balaban J connectivity index is 1.55. The minimum atomic E-state index is -0.583. The Hall–Kier alpha value is -2.61. The second-order valence-electron chi connectivity index (χ2n) is 7.17. The van der Waals surface area contributed by atoms with Gasteiger partial charge in [-0.2, -0.15) is 0 Å². The van der Waals surface area contributed by atoms with Crippen LogP contribution in [0.25, 0.3) is 0 Å². The number of benzene rings is 1. The van der Waals surface area contributed by atoms with Crippen LogP contribution in [-0.2, 0) is 24.6 Å². The van der Waals surface area contributed by atoms with E-state index in [9.17, 15) is 14.4 Å². The van der Waals surface area contributed by atoms with Gasteiger partial charge in [-0.3, -0.25) is 14.5 Å². The lowest BCUT2D eigenvalue weighted by Crippen LogP contribution is -2.67. The fourth-order valence-electron chi connectivity index (χ4n) is 4.28. The molecular formula is C19H23N3O5. The third-order valence-corrected chi connectivity index (χ3v) is 5.86. The van der Waals surface area contributed by atoms with E-state index in [1.54, 1.807) is 9.80 Å². The van der Waals surface area contributed by atoms with Crippen LogP contribution < -0.4 is 0 Å². The highest BCUT2D eigenvalue weighted by molar-refractivity contribution is 5.83. The van der Waals surface area contributed by atoms with Gasteiger partial charge in [0, 0.05) is 20.1 Å². The van der Waals surface area contributed by atoms with Crippen molar-refractivity contribution < 1.29 is 23.9 Å². The maximum absolute atomic E-state index is 12.7. The molecule has 0 bridgehead atoms. The fraction of sp³-hybridized carbons (Fsp3) is 0.526. The Labute approximate surface area is 157 Å². The van der Waals surface area contributed by atoms with Gasteiger partial charge in [0.2, 0.25) is 11.8 Å². The second-order valence-corrected chi connectivity index (χ2v) is 7.17. The number of fused-ring (bicyclic) bond motifs is 1. The molecule has 2 atom stereocenters. The highest BCUT2D eigenvalue weighted by Crippen LogP contribution is 2.42. The summed E-state index contributed by atoms with van der Waals surface area (Å²) in [7, 11) is 1.81. The van der Waals surface area contributed by atoms with Crippen LogP contribution in [-0.4, -0.2) is 85.2 Å². The van der Waals surface area contributed by atoms with Crippen molar-refractivity contribution in [1.82, 2.24) is 14.7 Å². The average Bonchev–Trinajstić information content (AvgIpc) is 3.09. The number of cyclic esters (lactones) is 1. The van der Waals surface area contributed by atoms with Crippen molar-refractivity contribution in [3.63, 3.8) is 0 Å². The normalized spacial score (nSPS) is 28.2. The van der Waals surface area contributed by atoms with Crippen LogP contribution in [0.3, 0.4) is 0 Å². The predicted octanol–water partition coefficient (Wildman–Crippen LogP) is 0.424. The molecule has 27 heavy (non-hydrogen) atoms. The fourth-order valence-corrected chi connectivity index (χ4v) is 4.28. The number of piperidine rings is 1. The van der Waals surface area contributed by atoms with Crippen LogP contribution >= 0.6 is 0 Å². The number of rotatable bonds is 3. The van der Waals surface area contributed by atoms with Crippen LogP contribution in [0.15, 0.2) is 30.3 Å². The number of likely N-dealkylation sites (tertiary alicyclic amines) is 1. The van der Waals surface area contributed by atoms with E-state index >= 15 is 0 Å². The first-order valence-electron chi connectivity index (χ1n) is 9.15. The van der Waals surface area contributed by atoms with Gasteiger partial charge in [-0.1, -0.05) is 30.3 Å². The van der Waals surface area contributed by atoms with E-state index < -0.39 is 11.6 Å². The van der Waals surface area contributed by atoms with Gasteiger partial charge in [0.1, 0.15) is 25.9 Å². The minimum Gasteiger partial charge on any atom is -0.448 e. The SMILES string of the molecule is CN1C(=O)CO[C@@H]2CN(C(=O)CN3CCOC3=O)CC[C@]21c1ccccc1. The van der Waals surface area contributed by atoms with Gasteiger partial charge in [-0.25, -0.2) is 4.79 Å². The molecule has 0 N–H and O–H groups in total. The molecule has 0 radical (unpaired) electrons. The number of hydrogen-bond acceptors (Lipinski definition) is 5. The van der Waals surface area contributed by atoms with Crippen LogP contribution in [0, 0.1) is 0 Å². The third-order valence-electron chi connectivity index (χ3n) is 5.86. The molecule has 0 unspecified atom stereocenters. The summed E-state index contributed by atoms with van der Waals surface area (Å²) in [5, 5.41) is 0. The van der Waals surface area contributed by atoms with E-state index in [0.29, 0.717) is 32.7 Å². The van der Waals surface area contributed by atoms with E-state index in [1.807, 2.05) is 37.4 Å². The Kier molecular flexibility index (Phi) is 4.51. The van der Waals surface area contributed by atoms with E-state index in [2.05, 4.69) is 0 Å². The lowest BCUT2D eigenvalue weighted by molar-refractivity contribution is -0.184. The van der Waals surface area contributed by atoms with Crippen molar-refractivity contribution in [1.29, 1.82) is 0 Å². The molecule has 0 aromatic heterocycles. The Morgan fingerprint density at radius 2 is 2.00 bits per heavy atom. The second kappa shape index (κ2) is 6.84. The smallest absolute Gasteiger partial charge is 0.410 e. The molecule has 8 heteroatoms. The van der Waals surface area contributed by atoms with Gasteiger partial charge in [0.15, 0.2) is 0 Å². The van der Waals surface area contributed by atoms with Gasteiger partial charge in [0.25, 0.3) is 0 Å². The number of nitrogens with zero attached hydrogens (tertiary/aromatic N) is 3. The first-order valence-corrected chi connectivity index (χ1v) is 9.15. The van der Waals surface area contributed by atoms with Crippen molar-refractivity contribution in [2.75, 3.05) is 46.4 Å². The predicted molar refractivity (Wildman–Crippen MR) is 94.7 cm³/mol. The number of amides is 3. The number of ether oxygens (including phenoxy) is 2. The molecule has 8 nitrogen and oxygen atoms in total. The van der Waals surface area contributed by atoms with Crippen molar-refractivity contribution in [2.45, 2.75) is 18.1 Å². The van der Waals surface area contributed by atoms with Gasteiger partial charge in [-0.15, -0.1) is 0 Å². The molecule has 0 saturated carbocycles. The molecule has 0 aliphatic carbocycles. The Bertz CT molecular complexity index is 755. The Morgan fingerprint density at radius 1 is 1.22 bits per heavy atom. The van der Waals surface area contributed by atoms with Crippen LogP contribution in [0.5, 0.6) is 0 Å². The lowest BCUT2D eigenvalue weighted by atomic mass is 9.76. The van der Waals surface area contributed by atoms with Gasteiger partial charge in [0.05, 0.1) is 12.1 Å². The molecule has 3 amide bonds. The molecule has 3 saturated heterocycles. The van der Waals surface area contributed by atoms with Crippen molar-refractivity contribution >= 4 is 17.9 Å². The summed E-state index contributed by atoms with van der Waals surface area (Å²) in [5.41, 5.74) is 0.431. The summed E-state index contributed by atoms with van der Waals surface area (Å²) in [4.78, 5) is 41.6. The van der Waals surface area contributed by atoms with Gasteiger partial charge < -0.3 is 19.3 Å². The lowest BCUT2D eigenvalue weighted by Gasteiger charge is -2.54. The van der Waals surface area contributed by atoms with Crippen molar-refractivity contribution in [2.24, 2.45) is 0 Å². The molecule has 3 aliphatic rings. The first kappa shape index (κ1) is 17.8. The van der Waals surface area contributed by atoms with Crippen LogP contribution in [0.2, 0.25) is 0 Å². The standard InChI is InChI=1S/C19H23N3O5/c1-20-17(24)13-27-15-11-21(16(23)12-22-9-10-26-18(22)25)8-7-19(15,20)14-5-3-2-4-6-14/h2-6,15H,7-13H2,1H3/t15-,19+/m1/s1. The number of morpholine rings is 1. The summed E-state index contributed by atoms with van der Waals surface area (Å²) in [5.74, 6) is -0.187.